The van der Waals surface area contributed by atoms with Gasteiger partial charge in [-0.15, -0.1) is 0 Å². The summed E-state index contributed by atoms with van der Waals surface area (Å²) in [6, 6.07) is 11.7. The van der Waals surface area contributed by atoms with E-state index in [0.717, 1.165) is 101 Å². The van der Waals surface area contributed by atoms with E-state index in [4.69, 9.17) is 74.5 Å². The molecule has 58 heavy (non-hydrogen) atoms. The molecule has 1 saturated carbocycles. The summed E-state index contributed by atoms with van der Waals surface area (Å²) in [4.78, 5) is 0. The highest BCUT2D eigenvalue weighted by Gasteiger charge is 2.14. The van der Waals surface area contributed by atoms with Gasteiger partial charge in [-0.1, -0.05) is 83.6 Å². The second kappa shape index (κ2) is 50.4. The van der Waals surface area contributed by atoms with Gasteiger partial charge in [-0.3, -0.25) is 0 Å². The fourth-order valence-corrected chi connectivity index (χ4v) is 5.26. The zero-order valence-electron chi connectivity index (χ0n) is 37.9. The molecule has 1 fully saturated rings. The maximum Gasteiger partial charge on any atom is 0.0580 e. The average molecular weight is 822 g/mol. The van der Waals surface area contributed by atoms with Crippen molar-refractivity contribution >= 4 is 22.7 Å². The number of benzene rings is 2. The molecule has 2 unspecified atom stereocenters. The number of aryl methyl sites for hydroxylation is 1. The summed E-state index contributed by atoms with van der Waals surface area (Å²) in [5, 5.41) is 0. The van der Waals surface area contributed by atoms with Crippen LogP contribution < -0.4 is 74.5 Å². The van der Waals surface area contributed by atoms with Crippen molar-refractivity contribution in [3.63, 3.8) is 0 Å². The van der Waals surface area contributed by atoms with E-state index in [9.17, 15) is 0 Å². The molecule has 0 heterocycles. The lowest BCUT2D eigenvalue weighted by Crippen LogP contribution is -2.35. The van der Waals surface area contributed by atoms with Crippen LogP contribution >= 0.6 is 0 Å². The minimum absolute atomic E-state index is 0.388. The van der Waals surface area contributed by atoms with E-state index < -0.39 is 0 Å². The molecule has 2 atom stereocenters. The molecule has 26 N–H and O–H groups in total. The van der Waals surface area contributed by atoms with E-state index in [1.807, 2.05) is 26.0 Å². The van der Waals surface area contributed by atoms with Crippen LogP contribution in [-0.4, -0.2) is 57.9 Å². The number of rotatable bonds is 20. The molecule has 0 amide bonds. The molecule has 0 aromatic heterocycles. The van der Waals surface area contributed by atoms with Crippen LogP contribution in [0.3, 0.4) is 0 Å². The molecule has 0 spiro atoms. The van der Waals surface area contributed by atoms with Crippen LogP contribution in [0, 0.1) is 13.8 Å². The van der Waals surface area contributed by atoms with Gasteiger partial charge in [-0.25, -0.2) is 0 Å². The lowest BCUT2D eigenvalue weighted by molar-refractivity contribution is 0.392. The van der Waals surface area contributed by atoms with Gasteiger partial charge in [-0.2, -0.15) is 0 Å². The highest BCUT2D eigenvalue weighted by molar-refractivity contribution is 5.68. The fourth-order valence-electron chi connectivity index (χ4n) is 5.26. The molecule has 0 bridgehead atoms. The van der Waals surface area contributed by atoms with Gasteiger partial charge in [0.1, 0.15) is 0 Å². The van der Waals surface area contributed by atoms with Gasteiger partial charge < -0.3 is 74.5 Å². The molecule has 0 radical (unpaired) electrons. The van der Waals surface area contributed by atoms with Crippen molar-refractivity contribution < 1.29 is 0 Å². The largest absolute Gasteiger partial charge is 0.399 e. The van der Waals surface area contributed by atoms with E-state index >= 15 is 0 Å². The quantitative estimate of drug-likeness (QED) is 0.0552. The lowest BCUT2D eigenvalue weighted by Gasteiger charge is -2.22. The number of nitrogens with two attached hydrogens (primary N) is 13. The molecule has 2 aromatic rings. The van der Waals surface area contributed by atoms with Crippen molar-refractivity contribution in [3.8, 4) is 0 Å². The first-order chi connectivity index (χ1) is 27.9. The summed E-state index contributed by atoms with van der Waals surface area (Å²) in [7, 11) is 0. The van der Waals surface area contributed by atoms with Gasteiger partial charge in [0.25, 0.3) is 0 Å². The first-order valence-electron chi connectivity index (χ1n) is 22.5. The molecule has 1 aliphatic carbocycles. The summed E-state index contributed by atoms with van der Waals surface area (Å²) < 4.78 is 0. The van der Waals surface area contributed by atoms with Crippen LogP contribution in [0.25, 0.3) is 0 Å². The second-order valence-electron chi connectivity index (χ2n) is 15.0. The van der Waals surface area contributed by atoms with Crippen molar-refractivity contribution in [1.29, 1.82) is 0 Å². The Labute approximate surface area is 357 Å². The van der Waals surface area contributed by atoms with E-state index in [1.165, 1.54) is 102 Å². The Kier molecular flexibility index (Phi) is 53.8. The number of nitrogen functional groups attached to an aromatic ring is 4. The van der Waals surface area contributed by atoms with Crippen molar-refractivity contribution in [2.24, 2.45) is 51.6 Å². The standard InChI is InChI=1S/C12H28N2.C8H12N2.C6H8N2.C6H14N2.C6H16N2.C4H12N2.C3H9N/c13-11-9-7-5-3-1-2-4-6-8-10-12-14;1-5-3-4-7(9)8(10)6(5)2;7-5-1-2-6(8)4-3-5;7-5-2-1-3-6(8)4-5;7-5-3-1-2-4-6-8;5-3-1-2-4-6;1-2-3-4/h1-14H2;3-4H,9-10H2,1-2H3;1-4H,7-8H2;5-6H,1-4,7-8H2;1-8H2;1-6H2;2-4H2,1H3. The third-order valence-corrected chi connectivity index (χ3v) is 9.27. The monoisotopic (exact) mass is 822 g/mol. The van der Waals surface area contributed by atoms with Gasteiger partial charge in [0.15, 0.2) is 0 Å². The molecular weight excluding hydrogens is 723 g/mol. The van der Waals surface area contributed by atoms with E-state index in [1.54, 1.807) is 24.3 Å². The third kappa shape index (κ3) is 49.4. The summed E-state index contributed by atoms with van der Waals surface area (Å²) >= 11 is 0. The molecule has 13 heteroatoms. The molecule has 2 aromatic carbocycles. The van der Waals surface area contributed by atoms with Gasteiger partial charge in [-0.05, 0) is 165 Å². The smallest absolute Gasteiger partial charge is 0.0580 e. The molecule has 1 aliphatic rings. The summed E-state index contributed by atoms with van der Waals surface area (Å²) in [6.45, 7) is 11.8. The Morgan fingerprint density at radius 1 is 0.431 bits per heavy atom. The van der Waals surface area contributed by atoms with Gasteiger partial charge in [0.2, 0.25) is 0 Å². The Morgan fingerprint density at radius 3 is 0.931 bits per heavy atom. The predicted octanol–water partition coefficient (Wildman–Crippen LogP) is 5.84. The fraction of sp³-hybridized carbons (Fsp3) is 0.733. The molecule has 0 aliphatic heterocycles. The van der Waals surface area contributed by atoms with Crippen LogP contribution in [0.2, 0.25) is 0 Å². The molecule has 3 rings (SSSR count). The zero-order chi connectivity index (χ0) is 44.7. The van der Waals surface area contributed by atoms with Crippen molar-refractivity contribution in [2.75, 3.05) is 68.7 Å². The molecular formula is C45H99N13. The zero-order valence-corrected chi connectivity index (χ0v) is 37.9. The van der Waals surface area contributed by atoms with Crippen molar-refractivity contribution in [1.82, 2.24) is 0 Å². The maximum atomic E-state index is 5.66. The Bertz CT molecular complexity index is 978. The highest BCUT2D eigenvalue weighted by atomic mass is 14.7. The highest BCUT2D eigenvalue weighted by Crippen LogP contribution is 2.21. The summed E-state index contributed by atoms with van der Waals surface area (Å²) in [6.07, 6.45) is 26.0. The van der Waals surface area contributed by atoms with Crippen LogP contribution in [0.1, 0.15) is 153 Å². The predicted molar refractivity (Wildman–Crippen MR) is 262 cm³/mol. The number of hydrogen-bond donors (Lipinski definition) is 13. The summed E-state index contributed by atoms with van der Waals surface area (Å²) in [5.41, 5.74) is 75.2. The average Bonchev–Trinajstić information content (AvgIpc) is 3.22. The minimum Gasteiger partial charge on any atom is -0.399 e. The van der Waals surface area contributed by atoms with Crippen LogP contribution in [0.5, 0.6) is 0 Å². The van der Waals surface area contributed by atoms with Crippen LogP contribution in [0.4, 0.5) is 22.7 Å². The minimum atomic E-state index is 0.388. The number of anilines is 4. The van der Waals surface area contributed by atoms with Crippen molar-refractivity contribution in [3.05, 3.63) is 47.5 Å². The van der Waals surface area contributed by atoms with E-state index in [0.29, 0.717) is 23.5 Å². The Hall–Kier alpha value is -2.72. The van der Waals surface area contributed by atoms with Gasteiger partial charge in [0, 0.05) is 23.5 Å². The lowest BCUT2D eigenvalue weighted by atomic mass is 9.92. The molecule has 0 saturated heterocycles. The normalized spacial score (nSPS) is 13.8. The molecule has 344 valence electrons. The van der Waals surface area contributed by atoms with Gasteiger partial charge >= 0.3 is 0 Å². The third-order valence-electron chi connectivity index (χ3n) is 9.27. The first-order valence-corrected chi connectivity index (χ1v) is 22.5. The van der Waals surface area contributed by atoms with Crippen LogP contribution in [0.15, 0.2) is 36.4 Å². The first kappa shape index (κ1) is 61.9. The number of hydrogen-bond acceptors (Lipinski definition) is 13. The van der Waals surface area contributed by atoms with E-state index in [-0.39, 0.29) is 0 Å². The topological polar surface area (TPSA) is 338 Å². The molecule has 13 nitrogen and oxygen atoms in total. The maximum absolute atomic E-state index is 5.66. The Morgan fingerprint density at radius 2 is 0.707 bits per heavy atom. The van der Waals surface area contributed by atoms with Crippen LogP contribution in [-0.2, 0) is 0 Å². The Balaban J connectivity index is -0.000000301. The van der Waals surface area contributed by atoms with E-state index in [2.05, 4.69) is 6.92 Å². The second-order valence-corrected chi connectivity index (χ2v) is 15.0. The van der Waals surface area contributed by atoms with Gasteiger partial charge in [0.05, 0.1) is 11.4 Å². The number of unbranched alkanes of at least 4 members (excludes halogenated alkanes) is 13. The van der Waals surface area contributed by atoms with Crippen molar-refractivity contribution in [2.45, 2.75) is 168 Å². The summed E-state index contributed by atoms with van der Waals surface area (Å²) in [5.74, 6) is 0. The SMILES string of the molecule is CCCN.Cc1ccc(N)c(N)c1C.NC1CCCC(N)C1.NCCCCCCCCCCCCN.NCCCCCCN.NCCCCN.Nc1ccc(N)cc1.